The Morgan fingerprint density at radius 3 is 2.82 bits per heavy atom. The van der Waals surface area contributed by atoms with Crippen LogP contribution in [0.4, 0.5) is 0 Å². The molecule has 0 aromatic carbocycles. The number of ether oxygens (including phenoxy) is 1. The first-order chi connectivity index (χ1) is 10.3. The standard InChI is InChI=1S/C16H27N3O3/c1-6-21-14(20)12-8-7-9-19(10-12)11(2)13-17-15(18-22-13)16(3,4)5/h11-12H,6-10H2,1-5H3/t11-,12-/m0/s1. The van der Waals surface area contributed by atoms with E-state index >= 15 is 0 Å². The van der Waals surface area contributed by atoms with Gasteiger partial charge in [0.15, 0.2) is 5.82 Å². The van der Waals surface area contributed by atoms with E-state index in [-0.39, 0.29) is 23.3 Å². The molecule has 2 atom stereocenters. The van der Waals surface area contributed by atoms with Crippen LogP contribution in [-0.4, -0.2) is 40.7 Å². The Kier molecular flexibility index (Phi) is 5.21. The van der Waals surface area contributed by atoms with Crippen LogP contribution >= 0.6 is 0 Å². The number of piperidine rings is 1. The van der Waals surface area contributed by atoms with Crippen LogP contribution in [-0.2, 0) is 14.9 Å². The lowest BCUT2D eigenvalue weighted by Crippen LogP contribution is -2.40. The predicted molar refractivity (Wildman–Crippen MR) is 82.3 cm³/mol. The van der Waals surface area contributed by atoms with E-state index in [0.717, 1.165) is 19.4 Å². The largest absolute Gasteiger partial charge is 0.466 e. The Balaban J connectivity index is 2.04. The van der Waals surface area contributed by atoms with Crippen LogP contribution < -0.4 is 0 Å². The third-order valence-corrected chi connectivity index (χ3v) is 4.09. The van der Waals surface area contributed by atoms with Gasteiger partial charge in [0.1, 0.15) is 0 Å². The van der Waals surface area contributed by atoms with Gasteiger partial charge in [-0.2, -0.15) is 4.98 Å². The van der Waals surface area contributed by atoms with E-state index in [9.17, 15) is 4.79 Å². The van der Waals surface area contributed by atoms with Crippen molar-refractivity contribution in [1.82, 2.24) is 15.0 Å². The fraction of sp³-hybridized carbons (Fsp3) is 0.812. The van der Waals surface area contributed by atoms with Crippen LogP contribution in [0.2, 0.25) is 0 Å². The molecular weight excluding hydrogens is 282 g/mol. The molecule has 0 N–H and O–H groups in total. The molecule has 124 valence electrons. The minimum atomic E-state index is -0.128. The smallest absolute Gasteiger partial charge is 0.310 e. The molecule has 1 saturated heterocycles. The number of carbonyl (C=O) groups is 1. The van der Waals surface area contributed by atoms with Gasteiger partial charge in [-0.25, -0.2) is 0 Å². The first kappa shape index (κ1) is 16.9. The molecule has 2 heterocycles. The second-order valence-corrected chi connectivity index (χ2v) is 6.97. The molecule has 1 fully saturated rings. The molecule has 6 heteroatoms. The normalized spacial score (nSPS) is 21.6. The molecule has 0 bridgehead atoms. The summed E-state index contributed by atoms with van der Waals surface area (Å²) in [6.07, 6.45) is 1.87. The van der Waals surface area contributed by atoms with Crippen molar-refractivity contribution in [3.05, 3.63) is 11.7 Å². The Morgan fingerprint density at radius 2 is 2.23 bits per heavy atom. The summed E-state index contributed by atoms with van der Waals surface area (Å²) in [6, 6.07) is 0.0147. The summed E-state index contributed by atoms with van der Waals surface area (Å²) in [6.45, 7) is 12.1. The summed E-state index contributed by atoms with van der Waals surface area (Å²) in [5, 5.41) is 4.08. The van der Waals surface area contributed by atoms with E-state index in [1.807, 2.05) is 13.8 Å². The van der Waals surface area contributed by atoms with Gasteiger partial charge in [0.05, 0.1) is 18.6 Å². The molecule has 0 amide bonds. The molecule has 1 aliphatic rings. The average molecular weight is 309 g/mol. The number of aromatic nitrogens is 2. The maximum absolute atomic E-state index is 11.9. The minimum absolute atomic E-state index is 0.0147. The molecule has 1 aromatic rings. The van der Waals surface area contributed by atoms with Crippen molar-refractivity contribution < 1.29 is 14.1 Å². The molecular formula is C16H27N3O3. The molecule has 0 radical (unpaired) electrons. The van der Waals surface area contributed by atoms with Gasteiger partial charge in [-0.3, -0.25) is 9.69 Å². The molecule has 1 aromatic heterocycles. The molecule has 2 rings (SSSR count). The van der Waals surface area contributed by atoms with E-state index in [0.29, 0.717) is 24.9 Å². The molecule has 0 aliphatic carbocycles. The lowest BCUT2D eigenvalue weighted by atomic mass is 9.96. The van der Waals surface area contributed by atoms with Crippen LogP contribution in [0.15, 0.2) is 4.52 Å². The van der Waals surface area contributed by atoms with Gasteiger partial charge in [0.25, 0.3) is 0 Å². The van der Waals surface area contributed by atoms with Crippen molar-refractivity contribution in [2.75, 3.05) is 19.7 Å². The SMILES string of the molecule is CCOC(=O)[C@H]1CCCN([C@@H](C)c2nc(C(C)(C)C)no2)C1. The van der Waals surface area contributed by atoms with E-state index < -0.39 is 0 Å². The van der Waals surface area contributed by atoms with Gasteiger partial charge >= 0.3 is 5.97 Å². The number of esters is 1. The molecule has 6 nitrogen and oxygen atoms in total. The van der Waals surface area contributed by atoms with E-state index in [2.05, 4.69) is 35.8 Å². The summed E-state index contributed by atoms with van der Waals surface area (Å²) in [5.41, 5.74) is -0.128. The zero-order valence-electron chi connectivity index (χ0n) is 14.3. The van der Waals surface area contributed by atoms with Crippen molar-refractivity contribution in [2.24, 2.45) is 5.92 Å². The van der Waals surface area contributed by atoms with Gasteiger partial charge in [0.2, 0.25) is 5.89 Å². The Hall–Kier alpha value is -1.43. The third kappa shape index (κ3) is 3.85. The third-order valence-electron chi connectivity index (χ3n) is 4.09. The van der Waals surface area contributed by atoms with Gasteiger partial charge in [-0.15, -0.1) is 0 Å². The number of carbonyl (C=O) groups excluding carboxylic acids is 1. The summed E-state index contributed by atoms with van der Waals surface area (Å²) >= 11 is 0. The topological polar surface area (TPSA) is 68.5 Å². The minimum Gasteiger partial charge on any atom is -0.466 e. The van der Waals surface area contributed by atoms with Crippen LogP contribution in [0, 0.1) is 5.92 Å². The lowest BCUT2D eigenvalue weighted by molar-refractivity contribution is -0.150. The number of likely N-dealkylation sites (tertiary alicyclic amines) is 1. The van der Waals surface area contributed by atoms with Crippen molar-refractivity contribution in [3.63, 3.8) is 0 Å². The highest BCUT2D eigenvalue weighted by Gasteiger charge is 2.32. The van der Waals surface area contributed by atoms with Crippen LogP contribution in [0.1, 0.15) is 65.2 Å². The molecule has 0 saturated carbocycles. The first-order valence-electron chi connectivity index (χ1n) is 8.07. The molecule has 1 aliphatic heterocycles. The van der Waals surface area contributed by atoms with Crippen LogP contribution in [0.5, 0.6) is 0 Å². The van der Waals surface area contributed by atoms with Gasteiger partial charge in [0, 0.05) is 12.0 Å². The van der Waals surface area contributed by atoms with Crippen molar-refractivity contribution >= 4 is 5.97 Å². The summed E-state index contributed by atoms with van der Waals surface area (Å²) in [4.78, 5) is 18.7. The van der Waals surface area contributed by atoms with E-state index in [1.54, 1.807) is 0 Å². The van der Waals surface area contributed by atoms with Crippen molar-refractivity contribution in [2.45, 2.75) is 58.9 Å². The number of hydrogen-bond acceptors (Lipinski definition) is 6. The summed E-state index contributed by atoms with van der Waals surface area (Å²) in [5.74, 6) is 1.18. The maximum Gasteiger partial charge on any atom is 0.310 e. The zero-order chi connectivity index (χ0) is 16.3. The fourth-order valence-electron chi connectivity index (χ4n) is 2.68. The Labute approximate surface area is 132 Å². The van der Waals surface area contributed by atoms with Gasteiger partial charge in [-0.1, -0.05) is 25.9 Å². The summed E-state index contributed by atoms with van der Waals surface area (Å²) < 4.78 is 10.6. The fourth-order valence-corrected chi connectivity index (χ4v) is 2.68. The van der Waals surface area contributed by atoms with Crippen LogP contribution in [0.3, 0.4) is 0 Å². The second-order valence-electron chi connectivity index (χ2n) is 6.97. The monoisotopic (exact) mass is 309 g/mol. The van der Waals surface area contributed by atoms with Gasteiger partial charge < -0.3 is 9.26 Å². The Bertz CT molecular complexity index is 507. The zero-order valence-corrected chi connectivity index (χ0v) is 14.3. The molecule has 0 unspecified atom stereocenters. The van der Waals surface area contributed by atoms with E-state index in [4.69, 9.17) is 9.26 Å². The highest BCUT2D eigenvalue weighted by Crippen LogP contribution is 2.28. The quantitative estimate of drug-likeness (QED) is 0.797. The lowest BCUT2D eigenvalue weighted by Gasteiger charge is -2.34. The molecule has 0 spiro atoms. The van der Waals surface area contributed by atoms with Gasteiger partial charge in [-0.05, 0) is 33.2 Å². The average Bonchev–Trinajstić information content (AvgIpc) is 2.97. The number of rotatable bonds is 4. The Morgan fingerprint density at radius 1 is 1.50 bits per heavy atom. The summed E-state index contributed by atoms with van der Waals surface area (Å²) in [7, 11) is 0. The highest BCUT2D eigenvalue weighted by atomic mass is 16.5. The van der Waals surface area contributed by atoms with Crippen molar-refractivity contribution in [1.29, 1.82) is 0 Å². The molecule has 22 heavy (non-hydrogen) atoms. The highest BCUT2D eigenvalue weighted by molar-refractivity contribution is 5.72. The predicted octanol–water partition coefficient (Wildman–Crippen LogP) is 2.70. The second kappa shape index (κ2) is 6.77. The first-order valence-corrected chi connectivity index (χ1v) is 8.07. The number of nitrogens with zero attached hydrogens (tertiary/aromatic N) is 3. The van der Waals surface area contributed by atoms with Crippen molar-refractivity contribution in [3.8, 4) is 0 Å². The van der Waals surface area contributed by atoms with Crippen LogP contribution in [0.25, 0.3) is 0 Å². The van der Waals surface area contributed by atoms with E-state index in [1.165, 1.54) is 0 Å². The maximum atomic E-state index is 11.9. The number of hydrogen-bond donors (Lipinski definition) is 0.